The van der Waals surface area contributed by atoms with Gasteiger partial charge in [-0.25, -0.2) is 13.2 Å². The highest BCUT2D eigenvalue weighted by Crippen LogP contribution is 2.65. The van der Waals surface area contributed by atoms with Gasteiger partial charge in [-0.05, 0) is 106 Å². The summed E-state index contributed by atoms with van der Waals surface area (Å²) in [5.74, 6) is -1.41. The Bertz CT molecular complexity index is 1600. The SMILES string of the molecule is C=CCNC(=O)C(=O)C(CC1CC1)NC(=O)[C@@H]1[C@@H]2[C@H](CN1C(=O)[C@@H](NC(=O)N[C@]1(CS(=O)(=O)C(C)(C)C)CC[C@H](C(C)C)CC1)C1(C)CCCCC1)C2(C)C. The highest BCUT2D eigenvalue weighted by atomic mass is 32.2. The van der Waals surface area contributed by atoms with Gasteiger partial charge in [0.2, 0.25) is 17.6 Å². The third kappa shape index (κ3) is 9.44. The zero-order valence-electron chi connectivity index (χ0n) is 34.7. The van der Waals surface area contributed by atoms with Gasteiger partial charge < -0.3 is 26.2 Å². The monoisotopic (exact) mass is 787 g/mol. The second-order valence-electron chi connectivity index (χ2n) is 20.0. The van der Waals surface area contributed by atoms with Gasteiger partial charge in [0.25, 0.3) is 5.91 Å². The summed E-state index contributed by atoms with van der Waals surface area (Å²) in [6.07, 6.45) is 10.6. The van der Waals surface area contributed by atoms with Crippen molar-refractivity contribution in [3.8, 4) is 0 Å². The maximum absolute atomic E-state index is 15.0. The number of carbonyl (C=O) groups excluding carboxylic acids is 5. The maximum atomic E-state index is 15.0. The molecule has 13 heteroatoms. The van der Waals surface area contributed by atoms with E-state index in [4.69, 9.17) is 0 Å². The van der Waals surface area contributed by atoms with E-state index in [1.807, 2.05) is 6.92 Å². The minimum absolute atomic E-state index is 0.0660. The van der Waals surface area contributed by atoms with Crippen LogP contribution >= 0.6 is 0 Å². The summed E-state index contributed by atoms with van der Waals surface area (Å²) in [7, 11) is -3.60. The second-order valence-corrected chi connectivity index (χ2v) is 22.7. The van der Waals surface area contributed by atoms with Crippen LogP contribution in [0.5, 0.6) is 0 Å². The molecule has 5 rings (SSSR count). The van der Waals surface area contributed by atoms with Crippen molar-refractivity contribution in [3.63, 3.8) is 0 Å². The maximum Gasteiger partial charge on any atom is 0.315 e. The van der Waals surface area contributed by atoms with Gasteiger partial charge in [-0.3, -0.25) is 19.2 Å². The van der Waals surface area contributed by atoms with E-state index >= 15 is 4.79 Å². The summed E-state index contributed by atoms with van der Waals surface area (Å²) in [5, 5.41) is 11.7. The molecular formula is C42H69N5O7S. The first kappa shape index (κ1) is 43.2. The second kappa shape index (κ2) is 16.1. The van der Waals surface area contributed by atoms with Crippen molar-refractivity contribution in [2.75, 3.05) is 18.8 Å². The van der Waals surface area contributed by atoms with Crippen molar-refractivity contribution in [1.82, 2.24) is 26.2 Å². The van der Waals surface area contributed by atoms with Gasteiger partial charge in [0.15, 0.2) is 9.84 Å². The molecule has 0 radical (unpaired) electrons. The first-order chi connectivity index (χ1) is 25.6. The topological polar surface area (TPSA) is 171 Å². The molecule has 4 N–H and O–H groups in total. The largest absolute Gasteiger partial charge is 0.346 e. The van der Waals surface area contributed by atoms with Gasteiger partial charge in [0.1, 0.15) is 12.1 Å². The predicted molar refractivity (Wildman–Crippen MR) is 213 cm³/mol. The molecule has 0 aromatic rings. The fraction of sp³-hybridized carbons (Fsp3) is 0.833. The van der Waals surface area contributed by atoms with Gasteiger partial charge in [0, 0.05) is 13.1 Å². The highest BCUT2D eigenvalue weighted by molar-refractivity contribution is 7.92. The number of amides is 5. The van der Waals surface area contributed by atoms with Gasteiger partial charge >= 0.3 is 6.03 Å². The zero-order chi connectivity index (χ0) is 40.7. The minimum Gasteiger partial charge on any atom is -0.346 e. The molecule has 5 atom stereocenters. The molecule has 1 aliphatic heterocycles. The number of rotatable bonds is 15. The van der Waals surface area contributed by atoms with Crippen molar-refractivity contribution in [3.05, 3.63) is 12.7 Å². The smallest absolute Gasteiger partial charge is 0.315 e. The summed E-state index contributed by atoms with van der Waals surface area (Å²) in [5.41, 5.74) is -1.78. The molecule has 4 aliphatic carbocycles. The van der Waals surface area contributed by atoms with E-state index in [0.29, 0.717) is 50.5 Å². The number of hydrogen-bond acceptors (Lipinski definition) is 7. The van der Waals surface area contributed by atoms with Crippen LogP contribution in [0.3, 0.4) is 0 Å². The Morgan fingerprint density at radius 1 is 0.909 bits per heavy atom. The Kier molecular flexibility index (Phi) is 12.7. The quantitative estimate of drug-likeness (QED) is 0.133. The lowest BCUT2D eigenvalue weighted by atomic mass is 9.70. The van der Waals surface area contributed by atoms with Crippen LogP contribution in [0.2, 0.25) is 0 Å². The van der Waals surface area contributed by atoms with E-state index in [1.54, 1.807) is 25.7 Å². The van der Waals surface area contributed by atoms with E-state index in [2.05, 4.69) is 55.5 Å². The molecule has 5 aliphatic rings. The molecule has 1 saturated heterocycles. The Morgan fingerprint density at radius 3 is 2.07 bits per heavy atom. The summed E-state index contributed by atoms with van der Waals surface area (Å²) in [6.45, 7) is 19.7. The van der Waals surface area contributed by atoms with Gasteiger partial charge in [-0.1, -0.05) is 72.8 Å². The molecule has 1 unspecified atom stereocenters. The highest BCUT2D eigenvalue weighted by Gasteiger charge is 2.70. The first-order valence-electron chi connectivity index (χ1n) is 20.9. The fourth-order valence-corrected chi connectivity index (χ4v) is 11.4. The third-order valence-electron chi connectivity index (χ3n) is 14.2. The van der Waals surface area contributed by atoms with Crippen LogP contribution in [0.1, 0.15) is 132 Å². The lowest BCUT2D eigenvalue weighted by Gasteiger charge is -2.45. The number of Topliss-reactive ketones (excluding diaryl/α,β-unsaturated/α-hetero) is 1. The number of sulfone groups is 1. The number of fused-ring (bicyclic) bond motifs is 1. The number of carbonyl (C=O) groups is 5. The van der Waals surface area contributed by atoms with E-state index in [1.165, 1.54) is 6.08 Å². The lowest BCUT2D eigenvalue weighted by Crippen LogP contribution is -2.65. The van der Waals surface area contributed by atoms with Crippen LogP contribution in [-0.4, -0.2) is 90.1 Å². The molecule has 1 heterocycles. The number of likely N-dealkylation sites (tertiary alicyclic amines) is 1. The minimum atomic E-state index is -3.60. The van der Waals surface area contributed by atoms with Gasteiger partial charge in [0.05, 0.1) is 22.1 Å². The Labute approximate surface area is 329 Å². The van der Waals surface area contributed by atoms with E-state index < -0.39 is 67.3 Å². The van der Waals surface area contributed by atoms with Crippen LogP contribution in [0.25, 0.3) is 0 Å². The molecule has 310 valence electrons. The molecule has 0 aromatic heterocycles. The van der Waals surface area contributed by atoms with E-state index in [9.17, 15) is 27.6 Å². The number of ketones is 1. The summed E-state index contributed by atoms with van der Waals surface area (Å²) in [6, 6.07) is -3.40. The van der Waals surface area contributed by atoms with E-state index in [0.717, 1.165) is 44.9 Å². The molecule has 0 spiro atoms. The number of nitrogens with one attached hydrogen (secondary N) is 4. The van der Waals surface area contributed by atoms with E-state index in [-0.39, 0.29) is 41.4 Å². The summed E-state index contributed by atoms with van der Waals surface area (Å²) < 4.78 is 26.3. The number of urea groups is 1. The zero-order valence-corrected chi connectivity index (χ0v) is 35.5. The molecule has 0 aromatic carbocycles. The Morgan fingerprint density at radius 2 is 1.53 bits per heavy atom. The van der Waals surface area contributed by atoms with Crippen molar-refractivity contribution in [2.24, 2.45) is 40.4 Å². The third-order valence-corrected chi connectivity index (χ3v) is 17.0. The van der Waals surface area contributed by atoms with Crippen molar-refractivity contribution < 1.29 is 32.4 Å². The van der Waals surface area contributed by atoms with Gasteiger partial charge in [-0.15, -0.1) is 6.58 Å². The molecule has 55 heavy (non-hydrogen) atoms. The molecule has 12 nitrogen and oxygen atoms in total. The van der Waals surface area contributed by atoms with Crippen molar-refractivity contribution in [1.29, 1.82) is 0 Å². The van der Waals surface area contributed by atoms with Crippen molar-refractivity contribution in [2.45, 2.75) is 161 Å². The average molecular weight is 788 g/mol. The molecule has 5 amide bonds. The van der Waals surface area contributed by atoms with Crippen LogP contribution in [-0.2, 0) is 29.0 Å². The normalized spacial score (nSPS) is 29.7. The number of piperidine rings is 1. The molecule has 4 saturated carbocycles. The first-order valence-corrected chi connectivity index (χ1v) is 22.6. The predicted octanol–water partition coefficient (Wildman–Crippen LogP) is 5.06. The summed E-state index contributed by atoms with van der Waals surface area (Å²) >= 11 is 0. The average Bonchev–Trinajstić information content (AvgIpc) is 3.95. The molecule has 5 fully saturated rings. The van der Waals surface area contributed by atoms with Crippen LogP contribution in [0, 0.1) is 40.4 Å². The lowest BCUT2D eigenvalue weighted by molar-refractivity contribution is -0.146. The standard InChI is InChI=1S/C42H69N5O7S/c1-10-22-43-36(50)33(48)30(23-27-14-15-27)44-35(49)32-31-29(40(31,7)8)24-47(32)37(51)34(41(9)18-12-11-13-19-41)45-38(52)46-42(25-55(53,54)39(4,5)6)20-16-28(17-21-42)26(2)3/h10,26-32,34H,1,11-25H2,2-9H3,(H,43,50)(H,44,49)(H2,45,46,52)/t28-,29-,30?,31-,32-,34+,42+/m0/s1. The van der Waals surface area contributed by atoms with Gasteiger partial charge in [-0.2, -0.15) is 0 Å². The van der Waals surface area contributed by atoms with Crippen LogP contribution in [0.4, 0.5) is 4.79 Å². The summed E-state index contributed by atoms with van der Waals surface area (Å²) in [4.78, 5) is 71.4. The number of hydrogen-bond donors (Lipinski definition) is 4. The van der Waals surface area contributed by atoms with Crippen LogP contribution in [0.15, 0.2) is 12.7 Å². The molecule has 0 bridgehead atoms. The van der Waals surface area contributed by atoms with Crippen LogP contribution < -0.4 is 21.3 Å². The number of nitrogens with zero attached hydrogens (tertiary/aromatic N) is 1. The fourth-order valence-electron chi connectivity index (χ4n) is 9.90. The Hall–Kier alpha value is -2.96. The van der Waals surface area contributed by atoms with Crippen molar-refractivity contribution >= 4 is 39.4 Å². The Balaban J connectivity index is 1.41. The molecular weight excluding hydrogens is 719 g/mol.